The Morgan fingerprint density at radius 2 is 2.10 bits per heavy atom. The average molecular weight is 290 g/mol. The van der Waals surface area contributed by atoms with Crippen LogP contribution in [0, 0.1) is 0 Å². The summed E-state index contributed by atoms with van der Waals surface area (Å²) in [6.07, 6.45) is 1.69. The molecule has 0 saturated heterocycles. The maximum Gasteiger partial charge on any atom is 0.316 e. The zero-order chi connectivity index (χ0) is 15.2. The van der Waals surface area contributed by atoms with Gasteiger partial charge in [0.2, 0.25) is 0 Å². The molecule has 0 aromatic heterocycles. The number of para-hydroxylation sites is 1. The molecule has 114 valence electrons. The molecule has 0 atom stereocenters. The monoisotopic (exact) mass is 290 g/mol. The molecule has 21 heavy (non-hydrogen) atoms. The van der Waals surface area contributed by atoms with Gasteiger partial charge < -0.3 is 15.0 Å². The number of amides is 2. The minimum atomic E-state index is -0.545. The van der Waals surface area contributed by atoms with Gasteiger partial charge in [-0.25, -0.2) is 0 Å². The van der Waals surface area contributed by atoms with Crippen LogP contribution in [0.25, 0.3) is 0 Å². The van der Waals surface area contributed by atoms with E-state index in [0.29, 0.717) is 26.1 Å². The van der Waals surface area contributed by atoms with Crippen molar-refractivity contribution in [2.45, 2.75) is 32.8 Å². The lowest BCUT2D eigenvalue weighted by Gasteiger charge is -2.16. The molecule has 0 aliphatic carbocycles. The molecule has 2 rings (SSSR count). The largest absolute Gasteiger partial charge is 0.379 e. The maximum absolute atomic E-state index is 12.2. The highest BCUT2D eigenvalue weighted by molar-refractivity contribution is 6.40. The molecule has 0 unspecified atom stereocenters. The van der Waals surface area contributed by atoms with Crippen LogP contribution >= 0.6 is 0 Å². The minimum Gasteiger partial charge on any atom is -0.379 e. The predicted molar refractivity (Wildman–Crippen MR) is 81.2 cm³/mol. The highest BCUT2D eigenvalue weighted by Gasteiger charge is 2.28. The molecule has 2 amide bonds. The van der Waals surface area contributed by atoms with Crippen LogP contribution in [0.5, 0.6) is 0 Å². The van der Waals surface area contributed by atoms with Crippen molar-refractivity contribution in [2.24, 2.45) is 0 Å². The second-order valence-electron chi connectivity index (χ2n) is 5.36. The fourth-order valence-electron chi connectivity index (χ4n) is 2.34. The number of carbonyl (C=O) groups is 2. The molecule has 0 fully saturated rings. The van der Waals surface area contributed by atoms with Gasteiger partial charge in [0.25, 0.3) is 0 Å². The number of ether oxygens (including phenoxy) is 1. The summed E-state index contributed by atoms with van der Waals surface area (Å²) in [5.41, 5.74) is 1.96. The molecule has 1 aliphatic rings. The number of nitrogens with one attached hydrogen (secondary N) is 1. The normalized spacial score (nSPS) is 13.4. The Balaban J connectivity index is 1.80. The molecule has 0 spiro atoms. The molecule has 1 aliphatic heterocycles. The molecule has 1 N–H and O–H groups in total. The van der Waals surface area contributed by atoms with E-state index in [2.05, 4.69) is 5.32 Å². The van der Waals surface area contributed by atoms with Crippen molar-refractivity contribution in [3.63, 3.8) is 0 Å². The van der Waals surface area contributed by atoms with E-state index in [4.69, 9.17) is 4.74 Å². The molecule has 5 heteroatoms. The number of hydrogen-bond acceptors (Lipinski definition) is 3. The van der Waals surface area contributed by atoms with Crippen molar-refractivity contribution in [3.05, 3.63) is 29.8 Å². The lowest BCUT2D eigenvalue weighted by molar-refractivity contribution is -0.137. The number of benzene rings is 1. The number of anilines is 1. The van der Waals surface area contributed by atoms with Gasteiger partial charge >= 0.3 is 11.8 Å². The van der Waals surface area contributed by atoms with E-state index < -0.39 is 11.8 Å². The van der Waals surface area contributed by atoms with Crippen LogP contribution in [0.1, 0.15) is 25.8 Å². The highest BCUT2D eigenvalue weighted by Crippen LogP contribution is 2.27. The van der Waals surface area contributed by atoms with E-state index in [1.165, 1.54) is 0 Å². The van der Waals surface area contributed by atoms with Crippen molar-refractivity contribution < 1.29 is 14.3 Å². The van der Waals surface area contributed by atoms with Gasteiger partial charge in [-0.05, 0) is 38.3 Å². The van der Waals surface area contributed by atoms with Gasteiger partial charge in [0, 0.05) is 25.4 Å². The van der Waals surface area contributed by atoms with E-state index in [0.717, 1.165) is 17.7 Å². The first kappa shape index (κ1) is 15.5. The summed E-state index contributed by atoms with van der Waals surface area (Å²) in [6, 6.07) is 7.70. The summed E-state index contributed by atoms with van der Waals surface area (Å²) in [5.74, 6) is -1.03. The third-order valence-electron chi connectivity index (χ3n) is 3.38. The Kier molecular flexibility index (Phi) is 5.33. The van der Waals surface area contributed by atoms with Gasteiger partial charge in [0.1, 0.15) is 0 Å². The zero-order valence-corrected chi connectivity index (χ0v) is 12.6. The number of rotatable bonds is 5. The molecule has 5 nitrogen and oxygen atoms in total. The van der Waals surface area contributed by atoms with Crippen molar-refractivity contribution in [3.8, 4) is 0 Å². The van der Waals surface area contributed by atoms with Gasteiger partial charge in [-0.15, -0.1) is 0 Å². The molecular weight excluding hydrogens is 268 g/mol. The van der Waals surface area contributed by atoms with Crippen molar-refractivity contribution in [1.29, 1.82) is 0 Å². The van der Waals surface area contributed by atoms with Crippen LogP contribution in [-0.4, -0.2) is 37.6 Å². The first-order valence-corrected chi connectivity index (χ1v) is 7.39. The molecule has 1 aromatic rings. The second-order valence-corrected chi connectivity index (χ2v) is 5.36. The van der Waals surface area contributed by atoms with E-state index in [9.17, 15) is 9.59 Å². The van der Waals surface area contributed by atoms with Crippen molar-refractivity contribution in [1.82, 2.24) is 5.32 Å². The van der Waals surface area contributed by atoms with Crippen molar-refractivity contribution in [2.75, 3.05) is 24.6 Å². The Morgan fingerprint density at radius 1 is 1.33 bits per heavy atom. The average Bonchev–Trinajstić information content (AvgIpc) is 2.89. The lowest BCUT2D eigenvalue weighted by Crippen LogP contribution is -2.42. The topological polar surface area (TPSA) is 58.6 Å². The summed E-state index contributed by atoms with van der Waals surface area (Å²) >= 11 is 0. The third-order valence-corrected chi connectivity index (χ3v) is 3.38. The van der Waals surface area contributed by atoms with Gasteiger partial charge in [-0.1, -0.05) is 18.2 Å². The molecule has 1 aromatic carbocycles. The molecule has 0 radical (unpaired) electrons. The molecule has 1 heterocycles. The van der Waals surface area contributed by atoms with Crippen LogP contribution < -0.4 is 10.2 Å². The Morgan fingerprint density at radius 3 is 2.86 bits per heavy atom. The Labute approximate surface area is 125 Å². The fourth-order valence-corrected chi connectivity index (χ4v) is 2.34. The highest BCUT2D eigenvalue weighted by atomic mass is 16.5. The summed E-state index contributed by atoms with van der Waals surface area (Å²) in [5, 5.41) is 2.65. The Hall–Kier alpha value is -1.88. The lowest BCUT2D eigenvalue weighted by atomic mass is 10.2. The summed E-state index contributed by atoms with van der Waals surface area (Å²) in [6.45, 7) is 5.54. The number of hydrogen-bond donors (Lipinski definition) is 1. The van der Waals surface area contributed by atoms with Gasteiger partial charge in [-0.3, -0.25) is 9.59 Å². The van der Waals surface area contributed by atoms with E-state index >= 15 is 0 Å². The summed E-state index contributed by atoms with van der Waals surface area (Å²) in [4.78, 5) is 25.6. The van der Waals surface area contributed by atoms with Crippen LogP contribution in [0.3, 0.4) is 0 Å². The summed E-state index contributed by atoms with van der Waals surface area (Å²) in [7, 11) is 0. The number of carbonyl (C=O) groups excluding carboxylic acids is 2. The SMILES string of the molecule is CC(C)OCCCNC(=O)C(=O)N1CCc2ccccc21. The van der Waals surface area contributed by atoms with E-state index in [1.807, 2.05) is 38.1 Å². The number of nitrogens with zero attached hydrogens (tertiary/aromatic N) is 1. The fraction of sp³-hybridized carbons (Fsp3) is 0.500. The van der Waals surface area contributed by atoms with Crippen LogP contribution in [-0.2, 0) is 20.7 Å². The quantitative estimate of drug-likeness (QED) is 0.660. The first-order valence-electron chi connectivity index (χ1n) is 7.39. The standard InChI is InChI=1S/C16H22N2O3/c1-12(2)21-11-5-9-17-15(19)16(20)18-10-8-13-6-3-4-7-14(13)18/h3-4,6-7,12H,5,8-11H2,1-2H3,(H,17,19). The first-order chi connectivity index (χ1) is 10.1. The smallest absolute Gasteiger partial charge is 0.316 e. The molecule has 0 saturated carbocycles. The van der Waals surface area contributed by atoms with Gasteiger partial charge in [-0.2, -0.15) is 0 Å². The molecule has 0 bridgehead atoms. The Bertz CT molecular complexity index is 514. The number of fused-ring (bicyclic) bond motifs is 1. The predicted octanol–water partition coefficient (Wildman–Crippen LogP) is 1.51. The van der Waals surface area contributed by atoms with Gasteiger partial charge in [0.15, 0.2) is 0 Å². The van der Waals surface area contributed by atoms with Crippen LogP contribution in [0.2, 0.25) is 0 Å². The summed E-state index contributed by atoms with van der Waals surface area (Å²) < 4.78 is 5.38. The van der Waals surface area contributed by atoms with Crippen LogP contribution in [0.4, 0.5) is 5.69 Å². The zero-order valence-electron chi connectivity index (χ0n) is 12.6. The van der Waals surface area contributed by atoms with Crippen molar-refractivity contribution >= 4 is 17.5 Å². The second kappa shape index (κ2) is 7.22. The van der Waals surface area contributed by atoms with Crippen LogP contribution in [0.15, 0.2) is 24.3 Å². The third kappa shape index (κ3) is 4.04. The van der Waals surface area contributed by atoms with E-state index in [-0.39, 0.29) is 6.10 Å². The maximum atomic E-state index is 12.2. The minimum absolute atomic E-state index is 0.184. The van der Waals surface area contributed by atoms with Gasteiger partial charge in [0.05, 0.1) is 6.10 Å². The molecular formula is C16H22N2O3. The van der Waals surface area contributed by atoms with E-state index in [1.54, 1.807) is 4.90 Å².